The molecule has 2 heteroatoms. The maximum Gasteiger partial charge on any atom is 0.107 e. The van der Waals surface area contributed by atoms with Gasteiger partial charge in [-0.1, -0.05) is 62.4 Å². The Bertz CT molecular complexity index is 716. The summed E-state index contributed by atoms with van der Waals surface area (Å²) in [6.45, 7) is 6.09. The smallest absolute Gasteiger partial charge is 0.107 e. The van der Waals surface area contributed by atoms with Crippen LogP contribution in [0.4, 0.5) is 0 Å². The Morgan fingerprint density at radius 1 is 0.808 bits per heavy atom. The summed E-state index contributed by atoms with van der Waals surface area (Å²) >= 11 is 0. The van der Waals surface area contributed by atoms with Crippen molar-refractivity contribution in [1.82, 2.24) is 0 Å². The lowest BCUT2D eigenvalue weighted by Crippen LogP contribution is -3.10. The van der Waals surface area contributed by atoms with Crippen LogP contribution in [0.2, 0.25) is 0 Å². The highest BCUT2D eigenvalue weighted by atomic mass is 16.3. The number of piperidine rings is 1. The van der Waals surface area contributed by atoms with E-state index in [9.17, 15) is 5.11 Å². The molecular weight excluding hydrogens is 318 g/mol. The molecule has 0 saturated carbocycles. The molecule has 2 aromatic rings. The second-order valence-corrected chi connectivity index (χ2v) is 7.34. The Morgan fingerprint density at radius 2 is 1.19 bits per heavy atom. The molecule has 0 radical (unpaired) electrons. The molecule has 1 aliphatic rings. The highest BCUT2D eigenvalue weighted by Gasteiger charge is 2.27. The molecule has 3 rings (SSSR count). The van der Waals surface area contributed by atoms with E-state index in [1.807, 2.05) is 0 Å². The lowest BCUT2D eigenvalue weighted by molar-refractivity contribution is -0.872. The van der Waals surface area contributed by atoms with E-state index in [0.717, 1.165) is 48.2 Å². The van der Waals surface area contributed by atoms with E-state index in [2.05, 4.69) is 81.6 Å². The van der Waals surface area contributed by atoms with E-state index < -0.39 is 6.10 Å². The Hall–Kier alpha value is -2.16. The Balaban J connectivity index is 1.85. The average molecular weight is 349 g/mol. The zero-order valence-corrected chi connectivity index (χ0v) is 16.1. The zero-order valence-electron chi connectivity index (χ0n) is 16.1. The van der Waals surface area contributed by atoms with Gasteiger partial charge in [-0.05, 0) is 47.2 Å². The summed E-state index contributed by atoms with van der Waals surface area (Å²) in [6, 6.07) is 17.3. The molecular formula is C24H30NO+. The molecule has 2 aromatic carbocycles. The minimum absolute atomic E-state index is 0.490. The number of aliphatic hydroxyl groups excluding tert-OH is 1. The standard InChI is InChI=1S/C24H29NO/c1-4-18-6-10-20(11-7-18)14-22-16-25(3)17-23(24(22)26)15-21-12-8-19(5-2)9-13-21/h6-15,24,26H,4-5,16-17H2,1-3H3/p+1/b22-14+,23-15+. The van der Waals surface area contributed by atoms with Gasteiger partial charge in [-0.15, -0.1) is 0 Å². The van der Waals surface area contributed by atoms with Crippen LogP contribution in [0.3, 0.4) is 0 Å². The summed E-state index contributed by atoms with van der Waals surface area (Å²) in [5, 5.41) is 10.9. The van der Waals surface area contributed by atoms with Crippen molar-refractivity contribution < 1.29 is 10.0 Å². The second-order valence-electron chi connectivity index (χ2n) is 7.34. The first-order valence-corrected chi connectivity index (χ1v) is 9.67. The maximum atomic E-state index is 10.9. The molecule has 0 aromatic heterocycles. The molecule has 1 fully saturated rings. The van der Waals surface area contributed by atoms with Gasteiger partial charge in [0.1, 0.15) is 19.2 Å². The van der Waals surface area contributed by atoms with Crippen molar-refractivity contribution in [1.29, 1.82) is 0 Å². The van der Waals surface area contributed by atoms with E-state index in [1.54, 1.807) is 0 Å². The largest absolute Gasteiger partial charge is 0.384 e. The SMILES string of the molecule is CCc1ccc(/C=C2\C[NH+](C)C/C(=C\c3ccc(CC)cc3)C2O)cc1. The molecule has 1 saturated heterocycles. The molecule has 0 amide bonds. The molecule has 0 atom stereocenters. The van der Waals surface area contributed by atoms with Crippen LogP contribution in [0, 0.1) is 0 Å². The number of likely N-dealkylation sites (N-methyl/N-ethyl adjacent to an activating group) is 1. The molecule has 0 bridgehead atoms. The van der Waals surface area contributed by atoms with E-state index in [4.69, 9.17) is 0 Å². The van der Waals surface area contributed by atoms with Crippen molar-refractivity contribution >= 4 is 12.2 Å². The van der Waals surface area contributed by atoms with Gasteiger partial charge in [-0.2, -0.15) is 0 Å². The number of aryl methyl sites for hydroxylation is 2. The first kappa shape index (κ1) is 18.6. The van der Waals surface area contributed by atoms with Gasteiger partial charge in [0.05, 0.1) is 7.05 Å². The van der Waals surface area contributed by atoms with Crippen LogP contribution < -0.4 is 4.90 Å². The molecule has 0 aliphatic carbocycles. The van der Waals surface area contributed by atoms with Crippen LogP contribution in [-0.2, 0) is 12.8 Å². The lowest BCUT2D eigenvalue weighted by atomic mass is 9.92. The number of likely N-dealkylation sites (tertiary alicyclic amines) is 1. The third-order valence-electron chi connectivity index (χ3n) is 5.19. The second kappa shape index (κ2) is 8.48. The quantitative estimate of drug-likeness (QED) is 0.872. The molecule has 136 valence electrons. The topological polar surface area (TPSA) is 24.7 Å². The highest BCUT2D eigenvalue weighted by Crippen LogP contribution is 2.20. The first-order chi connectivity index (χ1) is 12.6. The van der Waals surface area contributed by atoms with Gasteiger partial charge in [-0.3, -0.25) is 0 Å². The van der Waals surface area contributed by atoms with Crippen molar-refractivity contribution in [2.75, 3.05) is 20.1 Å². The fraction of sp³-hybridized carbons (Fsp3) is 0.333. The molecule has 0 spiro atoms. The normalized spacial score (nSPS) is 23.5. The van der Waals surface area contributed by atoms with Gasteiger partial charge in [0.25, 0.3) is 0 Å². The van der Waals surface area contributed by atoms with E-state index in [1.165, 1.54) is 16.0 Å². The fourth-order valence-electron chi connectivity index (χ4n) is 3.58. The van der Waals surface area contributed by atoms with Crippen molar-refractivity contribution in [3.8, 4) is 0 Å². The lowest BCUT2D eigenvalue weighted by Gasteiger charge is -2.29. The third-order valence-corrected chi connectivity index (χ3v) is 5.19. The van der Waals surface area contributed by atoms with Crippen LogP contribution in [-0.4, -0.2) is 31.3 Å². The molecule has 2 N–H and O–H groups in total. The number of benzene rings is 2. The van der Waals surface area contributed by atoms with Gasteiger partial charge in [-0.25, -0.2) is 0 Å². The van der Waals surface area contributed by atoms with Crippen LogP contribution in [0.15, 0.2) is 59.7 Å². The van der Waals surface area contributed by atoms with Crippen LogP contribution in [0.5, 0.6) is 0 Å². The minimum Gasteiger partial charge on any atom is -0.384 e. The van der Waals surface area contributed by atoms with Crippen molar-refractivity contribution in [3.05, 3.63) is 81.9 Å². The first-order valence-electron chi connectivity index (χ1n) is 9.67. The Morgan fingerprint density at radius 3 is 1.54 bits per heavy atom. The third kappa shape index (κ3) is 4.51. The van der Waals surface area contributed by atoms with Crippen LogP contribution in [0.1, 0.15) is 36.1 Å². The zero-order chi connectivity index (χ0) is 18.5. The van der Waals surface area contributed by atoms with Crippen molar-refractivity contribution in [3.63, 3.8) is 0 Å². The van der Waals surface area contributed by atoms with Gasteiger partial charge in [0, 0.05) is 11.1 Å². The van der Waals surface area contributed by atoms with Crippen LogP contribution in [0.25, 0.3) is 12.2 Å². The number of hydrogen-bond donors (Lipinski definition) is 2. The summed E-state index contributed by atoms with van der Waals surface area (Å²) in [7, 11) is 2.19. The summed E-state index contributed by atoms with van der Waals surface area (Å²) in [6.07, 6.45) is 5.92. The van der Waals surface area contributed by atoms with Gasteiger partial charge >= 0.3 is 0 Å². The maximum absolute atomic E-state index is 10.9. The molecule has 0 unspecified atom stereocenters. The monoisotopic (exact) mass is 348 g/mol. The van der Waals surface area contributed by atoms with Gasteiger partial charge in [0.15, 0.2) is 0 Å². The Labute approximate surface area is 157 Å². The number of nitrogens with one attached hydrogen (secondary N) is 1. The van der Waals surface area contributed by atoms with E-state index in [0.29, 0.717) is 0 Å². The summed E-state index contributed by atoms with van der Waals surface area (Å²) in [4.78, 5) is 1.41. The van der Waals surface area contributed by atoms with E-state index >= 15 is 0 Å². The Kier molecular flexibility index (Phi) is 6.08. The summed E-state index contributed by atoms with van der Waals surface area (Å²) < 4.78 is 0. The van der Waals surface area contributed by atoms with Crippen molar-refractivity contribution in [2.24, 2.45) is 0 Å². The minimum atomic E-state index is -0.490. The molecule has 26 heavy (non-hydrogen) atoms. The predicted molar refractivity (Wildman–Crippen MR) is 110 cm³/mol. The summed E-state index contributed by atoms with van der Waals surface area (Å²) in [5.74, 6) is 0. The number of aliphatic hydroxyl groups is 1. The average Bonchev–Trinajstić information content (AvgIpc) is 2.66. The molecule has 2 nitrogen and oxygen atoms in total. The summed E-state index contributed by atoms with van der Waals surface area (Å²) in [5.41, 5.74) is 7.20. The number of hydrogen-bond acceptors (Lipinski definition) is 1. The van der Waals surface area contributed by atoms with Crippen molar-refractivity contribution in [2.45, 2.75) is 32.8 Å². The number of quaternary nitrogens is 1. The van der Waals surface area contributed by atoms with Crippen LogP contribution >= 0.6 is 0 Å². The van der Waals surface area contributed by atoms with Gasteiger partial charge in [0.2, 0.25) is 0 Å². The number of rotatable bonds is 4. The fourth-order valence-corrected chi connectivity index (χ4v) is 3.58. The molecule has 1 heterocycles. The molecule has 1 aliphatic heterocycles. The predicted octanol–water partition coefficient (Wildman–Crippen LogP) is 3.17. The van der Waals surface area contributed by atoms with E-state index in [-0.39, 0.29) is 0 Å². The highest BCUT2D eigenvalue weighted by molar-refractivity contribution is 5.61. The van der Waals surface area contributed by atoms with Gasteiger partial charge < -0.3 is 10.0 Å².